The first kappa shape index (κ1) is 11.0. The zero-order valence-electron chi connectivity index (χ0n) is 8.86. The van der Waals surface area contributed by atoms with Crippen LogP contribution in [-0.2, 0) is 17.2 Å². The second-order valence-electron chi connectivity index (χ2n) is 3.95. The first-order chi connectivity index (χ1) is 7.40. The molecule has 1 saturated heterocycles. The Morgan fingerprint density at radius 3 is 3.27 bits per heavy atom. The Bertz CT molecular complexity index is 295. The topological polar surface area (TPSA) is 27.1 Å². The quantitative estimate of drug-likeness (QED) is 0.725. The van der Waals surface area contributed by atoms with E-state index in [0.29, 0.717) is 12.0 Å². The first-order valence-electron chi connectivity index (χ1n) is 5.57. The van der Waals surface area contributed by atoms with E-state index in [2.05, 4.69) is 9.55 Å². The van der Waals surface area contributed by atoms with Gasteiger partial charge in [-0.1, -0.05) is 0 Å². The van der Waals surface area contributed by atoms with Gasteiger partial charge in [0, 0.05) is 25.5 Å². The molecule has 0 amide bonds. The van der Waals surface area contributed by atoms with Gasteiger partial charge in [-0.15, -0.1) is 11.6 Å². The summed E-state index contributed by atoms with van der Waals surface area (Å²) in [6.07, 6.45) is 9.05. The van der Waals surface area contributed by atoms with E-state index in [1.165, 1.54) is 12.8 Å². The second-order valence-corrected chi connectivity index (χ2v) is 4.22. The van der Waals surface area contributed by atoms with E-state index >= 15 is 0 Å². The van der Waals surface area contributed by atoms with Gasteiger partial charge in [0.15, 0.2) is 0 Å². The van der Waals surface area contributed by atoms with Crippen LogP contribution in [0.1, 0.15) is 31.5 Å². The number of aromatic nitrogens is 2. The minimum absolute atomic E-state index is 0.493. The lowest BCUT2D eigenvalue weighted by molar-refractivity contribution is 0.101. The molecule has 0 bridgehead atoms. The molecule has 1 fully saturated rings. The van der Waals surface area contributed by atoms with E-state index in [4.69, 9.17) is 16.3 Å². The third kappa shape index (κ3) is 2.95. The SMILES string of the molecule is ClCc1nccn1CCCC1CCCO1. The molecule has 1 unspecified atom stereocenters. The number of hydrogen-bond donors (Lipinski definition) is 0. The smallest absolute Gasteiger partial charge is 0.123 e. The summed E-state index contributed by atoms with van der Waals surface area (Å²) in [7, 11) is 0. The Kier molecular flexibility index (Phi) is 4.03. The summed E-state index contributed by atoms with van der Waals surface area (Å²) >= 11 is 5.77. The minimum Gasteiger partial charge on any atom is -0.378 e. The van der Waals surface area contributed by atoms with Crippen molar-refractivity contribution in [3.8, 4) is 0 Å². The number of ether oxygens (including phenoxy) is 1. The van der Waals surface area contributed by atoms with Crippen molar-refractivity contribution >= 4 is 11.6 Å². The molecule has 0 saturated carbocycles. The van der Waals surface area contributed by atoms with Crippen LogP contribution in [0, 0.1) is 0 Å². The summed E-state index contributed by atoms with van der Waals surface area (Å²) in [5, 5.41) is 0. The molecule has 1 aliphatic rings. The molecule has 1 aromatic heterocycles. The van der Waals surface area contributed by atoms with E-state index in [1.807, 2.05) is 12.4 Å². The number of hydrogen-bond acceptors (Lipinski definition) is 2. The van der Waals surface area contributed by atoms with Crippen molar-refractivity contribution < 1.29 is 4.74 Å². The van der Waals surface area contributed by atoms with Crippen LogP contribution >= 0.6 is 11.6 Å². The molecule has 1 atom stereocenters. The van der Waals surface area contributed by atoms with Gasteiger partial charge in [0.2, 0.25) is 0 Å². The predicted molar refractivity (Wildman–Crippen MR) is 60.0 cm³/mol. The highest BCUT2D eigenvalue weighted by Gasteiger charge is 2.14. The van der Waals surface area contributed by atoms with E-state index < -0.39 is 0 Å². The van der Waals surface area contributed by atoms with Gasteiger partial charge in [0.1, 0.15) is 5.82 Å². The van der Waals surface area contributed by atoms with Crippen LogP contribution in [0.5, 0.6) is 0 Å². The Labute approximate surface area is 95.4 Å². The summed E-state index contributed by atoms with van der Waals surface area (Å²) in [6, 6.07) is 0. The van der Waals surface area contributed by atoms with Crippen LogP contribution in [0.2, 0.25) is 0 Å². The lowest BCUT2D eigenvalue weighted by Gasteiger charge is -2.10. The molecule has 1 aliphatic heterocycles. The van der Waals surface area contributed by atoms with Gasteiger partial charge >= 0.3 is 0 Å². The van der Waals surface area contributed by atoms with Crippen molar-refractivity contribution in [2.45, 2.75) is 44.2 Å². The fourth-order valence-electron chi connectivity index (χ4n) is 2.04. The second kappa shape index (κ2) is 5.52. The van der Waals surface area contributed by atoms with Gasteiger partial charge in [0.25, 0.3) is 0 Å². The summed E-state index contributed by atoms with van der Waals surface area (Å²) in [6.45, 7) is 1.95. The predicted octanol–water partition coefficient (Wildman–Crippen LogP) is 2.58. The van der Waals surface area contributed by atoms with Crippen LogP contribution in [0.25, 0.3) is 0 Å². The van der Waals surface area contributed by atoms with Crippen LogP contribution in [0.15, 0.2) is 12.4 Å². The van der Waals surface area contributed by atoms with Crippen LogP contribution < -0.4 is 0 Å². The molecule has 3 nitrogen and oxygen atoms in total. The monoisotopic (exact) mass is 228 g/mol. The number of alkyl halides is 1. The highest BCUT2D eigenvalue weighted by Crippen LogP contribution is 2.17. The summed E-state index contributed by atoms with van der Waals surface area (Å²) in [4.78, 5) is 4.18. The standard InChI is InChI=1S/C11H17ClN2O/c12-9-11-13-5-7-14(11)6-1-3-10-4-2-8-15-10/h5,7,10H,1-4,6,8-9H2. The third-order valence-corrected chi connectivity index (χ3v) is 3.11. The van der Waals surface area contributed by atoms with E-state index in [1.54, 1.807) is 0 Å². The minimum atomic E-state index is 0.493. The molecule has 2 heterocycles. The molecule has 0 N–H and O–H groups in total. The van der Waals surface area contributed by atoms with Gasteiger partial charge in [-0.3, -0.25) is 0 Å². The molecule has 15 heavy (non-hydrogen) atoms. The number of nitrogens with zero attached hydrogens (tertiary/aromatic N) is 2. The molecule has 0 radical (unpaired) electrons. The highest BCUT2D eigenvalue weighted by atomic mass is 35.5. The van der Waals surface area contributed by atoms with Crippen molar-refractivity contribution in [2.75, 3.05) is 6.61 Å². The average molecular weight is 229 g/mol. The van der Waals surface area contributed by atoms with Crippen LogP contribution in [-0.4, -0.2) is 22.3 Å². The number of rotatable bonds is 5. The molecule has 0 spiro atoms. The van der Waals surface area contributed by atoms with Gasteiger partial charge < -0.3 is 9.30 Å². The van der Waals surface area contributed by atoms with Crippen LogP contribution in [0.4, 0.5) is 0 Å². The molecule has 0 aliphatic carbocycles. The van der Waals surface area contributed by atoms with E-state index in [9.17, 15) is 0 Å². The number of aryl methyl sites for hydroxylation is 1. The molecule has 0 aromatic carbocycles. The van der Waals surface area contributed by atoms with Crippen LogP contribution in [0.3, 0.4) is 0 Å². The Balaban J connectivity index is 1.73. The maximum atomic E-state index is 5.77. The molecular formula is C11H17ClN2O. The van der Waals surface area contributed by atoms with Crippen molar-refractivity contribution in [2.24, 2.45) is 0 Å². The van der Waals surface area contributed by atoms with Crippen molar-refractivity contribution in [1.82, 2.24) is 9.55 Å². The zero-order chi connectivity index (χ0) is 10.5. The summed E-state index contributed by atoms with van der Waals surface area (Å²) < 4.78 is 7.70. The third-order valence-electron chi connectivity index (χ3n) is 2.87. The highest BCUT2D eigenvalue weighted by molar-refractivity contribution is 6.16. The lowest BCUT2D eigenvalue weighted by atomic mass is 10.1. The average Bonchev–Trinajstić information content (AvgIpc) is 2.88. The maximum Gasteiger partial charge on any atom is 0.123 e. The van der Waals surface area contributed by atoms with E-state index in [0.717, 1.165) is 31.8 Å². The summed E-state index contributed by atoms with van der Waals surface area (Å²) in [5.74, 6) is 1.46. The largest absolute Gasteiger partial charge is 0.378 e. The molecule has 1 aromatic rings. The summed E-state index contributed by atoms with van der Waals surface area (Å²) in [5.41, 5.74) is 0. The van der Waals surface area contributed by atoms with E-state index in [-0.39, 0.29) is 0 Å². The Hall–Kier alpha value is -0.540. The number of halogens is 1. The molecule has 84 valence electrons. The van der Waals surface area contributed by atoms with Gasteiger partial charge in [0.05, 0.1) is 12.0 Å². The molecular weight excluding hydrogens is 212 g/mol. The molecule has 2 rings (SSSR count). The normalized spacial score (nSPS) is 21.0. The maximum absolute atomic E-state index is 5.77. The Morgan fingerprint density at radius 2 is 2.53 bits per heavy atom. The fourth-order valence-corrected chi connectivity index (χ4v) is 2.26. The Morgan fingerprint density at radius 1 is 1.60 bits per heavy atom. The first-order valence-corrected chi connectivity index (χ1v) is 6.11. The molecule has 4 heteroatoms. The number of imidazole rings is 1. The van der Waals surface area contributed by atoms with Gasteiger partial charge in [-0.05, 0) is 25.7 Å². The van der Waals surface area contributed by atoms with Crippen molar-refractivity contribution in [1.29, 1.82) is 0 Å². The van der Waals surface area contributed by atoms with Crippen molar-refractivity contribution in [3.05, 3.63) is 18.2 Å². The van der Waals surface area contributed by atoms with Gasteiger partial charge in [-0.2, -0.15) is 0 Å². The fraction of sp³-hybridized carbons (Fsp3) is 0.727. The van der Waals surface area contributed by atoms with Gasteiger partial charge in [-0.25, -0.2) is 4.98 Å². The lowest BCUT2D eigenvalue weighted by Crippen LogP contribution is -2.08. The van der Waals surface area contributed by atoms with Crippen molar-refractivity contribution in [3.63, 3.8) is 0 Å². The zero-order valence-corrected chi connectivity index (χ0v) is 9.62.